The van der Waals surface area contributed by atoms with E-state index in [0.29, 0.717) is 0 Å². The van der Waals surface area contributed by atoms with Crippen LogP contribution in [0.4, 0.5) is 5.13 Å². The molecule has 2 aromatic heterocycles. The van der Waals surface area contributed by atoms with Crippen molar-refractivity contribution in [2.24, 2.45) is 0 Å². The minimum Gasteiger partial charge on any atom is -0.326 e. The molecule has 0 aliphatic heterocycles. The van der Waals surface area contributed by atoms with E-state index >= 15 is 0 Å². The molecule has 0 fully saturated rings. The molecule has 0 radical (unpaired) electrons. The van der Waals surface area contributed by atoms with Crippen LogP contribution in [0.3, 0.4) is 0 Å². The van der Waals surface area contributed by atoms with Gasteiger partial charge in [-0.25, -0.2) is 9.67 Å². The van der Waals surface area contributed by atoms with Gasteiger partial charge in [0.2, 0.25) is 0 Å². The first kappa shape index (κ1) is 13.0. The summed E-state index contributed by atoms with van der Waals surface area (Å²) in [5.41, 5.74) is 0. The predicted octanol–water partition coefficient (Wildman–Crippen LogP) is 1.91. The lowest BCUT2D eigenvalue weighted by atomic mass is 10.2. The molecule has 0 spiro atoms. The predicted molar refractivity (Wildman–Crippen MR) is 74.8 cm³/mol. The second kappa shape index (κ2) is 6.50. The molecule has 0 saturated heterocycles. The molecule has 0 aromatic carbocycles. The first-order valence-electron chi connectivity index (χ1n) is 5.74. The Hall–Kier alpha value is -1.41. The second-order valence-corrected chi connectivity index (χ2v) is 5.04. The highest BCUT2D eigenvalue weighted by Crippen LogP contribution is 2.12. The van der Waals surface area contributed by atoms with Crippen LogP contribution in [0.2, 0.25) is 0 Å². The zero-order valence-electron chi connectivity index (χ0n) is 10.0. The summed E-state index contributed by atoms with van der Waals surface area (Å²) < 4.78 is 1.80. The van der Waals surface area contributed by atoms with Gasteiger partial charge < -0.3 is 5.32 Å². The Morgan fingerprint density at radius 2 is 2.44 bits per heavy atom. The normalized spacial score (nSPS) is 10.5. The SMILES string of the molecule is CCn1nnnc1CCCC(=S)Nc1nccs1. The summed E-state index contributed by atoms with van der Waals surface area (Å²) in [5, 5.41) is 17.4. The van der Waals surface area contributed by atoms with Gasteiger partial charge in [0.05, 0.1) is 4.99 Å². The summed E-state index contributed by atoms with van der Waals surface area (Å²) in [6.07, 6.45) is 4.33. The lowest BCUT2D eigenvalue weighted by molar-refractivity contribution is 0.590. The number of thiazole rings is 1. The number of thiocarbonyl (C=S) groups is 1. The van der Waals surface area contributed by atoms with Crippen LogP contribution in [0.25, 0.3) is 0 Å². The Bertz CT molecular complexity index is 492. The van der Waals surface area contributed by atoms with Crippen molar-refractivity contribution in [2.45, 2.75) is 32.7 Å². The summed E-state index contributed by atoms with van der Waals surface area (Å²) in [7, 11) is 0. The standard InChI is InChI=1S/C10H14N6S2/c1-2-16-8(13-14-15-16)4-3-5-9(17)12-10-11-6-7-18-10/h6-7H,2-5H2,1H3,(H,11,12,17). The van der Waals surface area contributed by atoms with Gasteiger partial charge >= 0.3 is 0 Å². The number of nitrogens with zero attached hydrogens (tertiary/aromatic N) is 5. The number of anilines is 1. The molecule has 0 unspecified atom stereocenters. The van der Waals surface area contributed by atoms with Crippen LogP contribution in [0, 0.1) is 0 Å². The summed E-state index contributed by atoms with van der Waals surface area (Å²) >= 11 is 6.80. The Balaban J connectivity index is 1.73. The second-order valence-electron chi connectivity index (χ2n) is 3.65. The van der Waals surface area contributed by atoms with Gasteiger partial charge in [0.1, 0.15) is 0 Å². The third-order valence-electron chi connectivity index (χ3n) is 2.39. The van der Waals surface area contributed by atoms with Crippen molar-refractivity contribution in [2.75, 3.05) is 5.32 Å². The Morgan fingerprint density at radius 3 is 3.17 bits per heavy atom. The minimum absolute atomic E-state index is 0.796. The van der Waals surface area contributed by atoms with E-state index in [4.69, 9.17) is 12.2 Å². The van der Waals surface area contributed by atoms with E-state index in [1.165, 1.54) is 0 Å². The number of aryl methyl sites for hydroxylation is 2. The number of nitrogens with one attached hydrogen (secondary N) is 1. The number of aromatic nitrogens is 5. The lowest BCUT2D eigenvalue weighted by Crippen LogP contribution is -2.10. The molecule has 0 aliphatic carbocycles. The van der Waals surface area contributed by atoms with Crippen LogP contribution < -0.4 is 5.32 Å². The third-order valence-corrected chi connectivity index (χ3v) is 3.38. The number of tetrazole rings is 1. The monoisotopic (exact) mass is 282 g/mol. The van der Waals surface area contributed by atoms with Crippen LogP contribution in [-0.2, 0) is 13.0 Å². The first-order valence-corrected chi connectivity index (χ1v) is 7.02. The molecule has 2 aromatic rings. The molecule has 0 amide bonds. The minimum atomic E-state index is 0.796. The number of rotatable bonds is 6. The smallest absolute Gasteiger partial charge is 0.187 e. The highest BCUT2D eigenvalue weighted by atomic mass is 32.1. The average Bonchev–Trinajstić information content (AvgIpc) is 3.00. The quantitative estimate of drug-likeness (QED) is 0.816. The van der Waals surface area contributed by atoms with Crippen LogP contribution in [0.1, 0.15) is 25.6 Å². The molecule has 18 heavy (non-hydrogen) atoms. The maximum absolute atomic E-state index is 5.26. The zero-order chi connectivity index (χ0) is 12.8. The summed E-state index contributed by atoms with van der Waals surface area (Å²) in [6, 6.07) is 0. The van der Waals surface area contributed by atoms with Crippen LogP contribution >= 0.6 is 23.6 Å². The Kier molecular flexibility index (Phi) is 4.71. The highest BCUT2D eigenvalue weighted by Gasteiger charge is 2.05. The molecule has 0 bridgehead atoms. The molecule has 96 valence electrons. The highest BCUT2D eigenvalue weighted by molar-refractivity contribution is 7.80. The van der Waals surface area contributed by atoms with Gasteiger partial charge in [0.15, 0.2) is 11.0 Å². The van der Waals surface area contributed by atoms with Crippen molar-refractivity contribution in [3.8, 4) is 0 Å². The van der Waals surface area contributed by atoms with Gasteiger partial charge in [0, 0.05) is 24.5 Å². The van der Waals surface area contributed by atoms with Crippen LogP contribution in [0.15, 0.2) is 11.6 Å². The molecule has 6 nitrogen and oxygen atoms in total. The molecule has 8 heteroatoms. The number of hydrogen-bond acceptors (Lipinski definition) is 6. The van der Waals surface area contributed by atoms with Crippen molar-refractivity contribution in [3.05, 3.63) is 17.4 Å². The topological polar surface area (TPSA) is 68.5 Å². The summed E-state index contributed by atoms with van der Waals surface area (Å²) in [5.74, 6) is 0.912. The van der Waals surface area contributed by atoms with E-state index in [-0.39, 0.29) is 0 Å². The van der Waals surface area contributed by atoms with E-state index in [1.807, 2.05) is 12.3 Å². The largest absolute Gasteiger partial charge is 0.326 e. The van der Waals surface area contributed by atoms with E-state index in [1.54, 1.807) is 22.2 Å². The van der Waals surface area contributed by atoms with E-state index < -0.39 is 0 Å². The molecular weight excluding hydrogens is 268 g/mol. The van der Waals surface area contributed by atoms with Gasteiger partial charge in [-0.15, -0.1) is 16.4 Å². The maximum Gasteiger partial charge on any atom is 0.187 e. The van der Waals surface area contributed by atoms with Gasteiger partial charge in [-0.2, -0.15) is 0 Å². The van der Waals surface area contributed by atoms with Crippen molar-refractivity contribution in [3.63, 3.8) is 0 Å². The fourth-order valence-electron chi connectivity index (χ4n) is 1.52. The van der Waals surface area contributed by atoms with Gasteiger partial charge in [-0.1, -0.05) is 12.2 Å². The third kappa shape index (κ3) is 3.54. The van der Waals surface area contributed by atoms with Crippen molar-refractivity contribution in [1.82, 2.24) is 25.2 Å². The first-order chi connectivity index (χ1) is 8.79. The van der Waals surface area contributed by atoms with Crippen molar-refractivity contribution in [1.29, 1.82) is 0 Å². The molecule has 1 N–H and O–H groups in total. The van der Waals surface area contributed by atoms with E-state index in [0.717, 1.165) is 41.8 Å². The average molecular weight is 282 g/mol. The van der Waals surface area contributed by atoms with Crippen molar-refractivity contribution < 1.29 is 0 Å². The van der Waals surface area contributed by atoms with Crippen molar-refractivity contribution >= 4 is 33.7 Å². The molecule has 2 heterocycles. The van der Waals surface area contributed by atoms with Gasteiger partial charge in [0.25, 0.3) is 0 Å². The molecular formula is C10H14N6S2. The number of hydrogen-bond donors (Lipinski definition) is 1. The summed E-state index contributed by atoms with van der Waals surface area (Å²) in [6.45, 7) is 2.82. The van der Waals surface area contributed by atoms with Crippen LogP contribution in [-0.4, -0.2) is 30.2 Å². The molecule has 0 atom stereocenters. The fourth-order valence-corrected chi connectivity index (χ4v) is 2.38. The zero-order valence-corrected chi connectivity index (χ0v) is 11.7. The van der Waals surface area contributed by atoms with Gasteiger partial charge in [-0.3, -0.25) is 0 Å². The fraction of sp³-hybridized carbons (Fsp3) is 0.500. The Labute approximate surface area is 114 Å². The van der Waals surface area contributed by atoms with E-state index in [2.05, 4.69) is 25.8 Å². The van der Waals surface area contributed by atoms with Crippen LogP contribution in [0.5, 0.6) is 0 Å². The maximum atomic E-state index is 5.26. The lowest BCUT2D eigenvalue weighted by Gasteiger charge is -2.04. The molecule has 0 aliphatic rings. The summed E-state index contributed by atoms with van der Waals surface area (Å²) in [4.78, 5) is 4.93. The Morgan fingerprint density at radius 1 is 1.56 bits per heavy atom. The van der Waals surface area contributed by atoms with E-state index in [9.17, 15) is 0 Å². The molecule has 0 saturated carbocycles. The molecule has 2 rings (SSSR count). The van der Waals surface area contributed by atoms with Gasteiger partial charge in [-0.05, 0) is 30.2 Å².